The van der Waals surface area contributed by atoms with Gasteiger partial charge in [0.05, 0.1) is 18.8 Å². The average molecular weight is 315 g/mol. The van der Waals surface area contributed by atoms with Crippen molar-refractivity contribution in [1.82, 2.24) is 24.8 Å². The normalized spacial score (nSPS) is 17.9. The number of hydrogen-bond donors (Lipinski definition) is 1. The fourth-order valence-corrected chi connectivity index (χ4v) is 2.62. The predicted molar refractivity (Wildman–Crippen MR) is 83.6 cm³/mol. The summed E-state index contributed by atoms with van der Waals surface area (Å²) in [5, 5.41) is 2.89. The van der Waals surface area contributed by atoms with Gasteiger partial charge in [-0.3, -0.25) is 4.79 Å². The molecule has 2 aromatic heterocycles. The molecule has 0 radical (unpaired) electrons. The summed E-state index contributed by atoms with van der Waals surface area (Å²) < 4.78 is 7.29. The number of nitrogens with zero attached hydrogens (tertiary/aromatic N) is 4. The van der Waals surface area contributed by atoms with Crippen molar-refractivity contribution in [3.8, 4) is 0 Å². The molecule has 0 aromatic carbocycles. The van der Waals surface area contributed by atoms with Gasteiger partial charge >= 0.3 is 0 Å². The Balaban J connectivity index is 1.55. The zero-order chi connectivity index (χ0) is 16.1. The number of carbonyl (C=O) groups excluding carboxylic acids is 1. The minimum absolute atomic E-state index is 0.0627. The van der Waals surface area contributed by atoms with E-state index in [0.717, 1.165) is 36.8 Å². The summed E-state index contributed by atoms with van der Waals surface area (Å²) >= 11 is 0. The molecule has 1 aliphatic rings. The van der Waals surface area contributed by atoms with Crippen molar-refractivity contribution in [2.75, 3.05) is 13.2 Å². The van der Waals surface area contributed by atoms with Gasteiger partial charge in [0.15, 0.2) is 0 Å². The van der Waals surface area contributed by atoms with Crippen LogP contribution in [0.5, 0.6) is 0 Å². The second kappa shape index (κ2) is 7.32. The van der Waals surface area contributed by atoms with E-state index in [1.807, 2.05) is 13.0 Å². The van der Waals surface area contributed by atoms with Gasteiger partial charge in [-0.25, -0.2) is 15.0 Å². The third-order valence-electron chi connectivity index (χ3n) is 3.96. The molecule has 0 spiro atoms. The van der Waals surface area contributed by atoms with E-state index in [-0.39, 0.29) is 18.4 Å². The Morgan fingerprint density at radius 2 is 2.35 bits per heavy atom. The molecule has 23 heavy (non-hydrogen) atoms. The highest BCUT2D eigenvalue weighted by molar-refractivity contribution is 5.75. The predicted octanol–water partition coefficient (Wildman–Crippen LogP) is 1.19. The zero-order valence-corrected chi connectivity index (χ0v) is 13.2. The maximum atomic E-state index is 12.0. The number of imidazole rings is 1. The Morgan fingerprint density at radius 1 is 1.43 bits per heavy atom. The van der Waals surface area contributed by atoms with Gasteiger partial charge in [-0.15, -0.1) is 0 Å². The maximum Gasteiger partial charge on any atom is 0.240 e. The number of ether oxygens (including phenoxy) is 1. The molecule has 1 atom stereocenters. The molecule has 3 heterocycles. The number of rotatable bonds is 5. The molecule has 1 amide bonds. The van der Waals surface area contributed by atoms with Gasteiger partial charge in [-0.05, 0) is 25.8 Å². The first kappa shape index (κ1) is 15.6. The average Bonchev–Trinajstić information content (AvgIpc) is 2.99. The number of aryl methyl sites for hydroxylation is 1. The van der Waals surface area contributed by atoms with E-state index in [9.17, 15) is 4.79 Å². The van der Waals surface area contributed by atoms with Crippen LogP contribution in [-0.4, -0.2) is 38.6 Å². The third kappa shape index (κ3) is 4.13. The highest BCUT2D eigenvalue weighted by atomic mass is 16.5. The summed E-state index contributed by atoms with van der Waals surface area (Å²) in [6, 6.07) is 1.83. The van der Waals surface area contributed by atoms with Crippen LogP contribution in [0.1, 0.15) is 36.1 Å². The molecular weight excluding hydrogens is 294 g/mol. The smallest absolute Gasteiger partial charge is 0.240 e. The van der Waals surface area contributed by atoms with Crippen LogP contribution in [0, 0.1) is 6.92 Å². The molecule has 0 unspecified atom stereocenters. The van der Waals surface area contributed by atoms with Gasteiger partial charge in [0.25, 0.3) is 0 Å². The molecule has 7 heteroatoms. The lowest BCUT2D eigenvalue weighted by molar-refractivity contribution is -0.121. The van der Waals surface area contributed by atoms with Crippen molar-refractivity contribution in [2.45, 2.75) is 38.8 Å². The molecule has 1 fully saturated rings. The maximum absolute atomic E-state index is 12.0. The second-order valence-corrected chi connectivity index (χ2v) is 5.70. The van der Waals surface area contributed by atoms with E-state index in [1.165, 1.54) is 0 Å². The number of carbonyl (C=O) groups is 1. The zero-order valence-electron chi connectivity index (χ0n) is 13.2. The molecule has 1 N–H and O–H groups in total. The minimum atomic E-state index is -0.0627. The van der Waals surface area contributed by atoms with Crippen LogP contribution < -0.4 is 5.32 Å². The largest absolute Gasteiger partial charge is 0.381 e. The van der Waals surface area contributed by atoms with Crippen LogP contribution in [-0.2, 0) is 22.6 Å². The molecule has 1 saturated heterocycles. The summed E-state index contributed by atoms with van der Waals surface area (Å²) in [6.07, 6.45) is 7.32. The molecule has 2 aromatic rings. The molecule has 0 saturated carbocycles. The monoisotopic (exact) mass is 315 g/mol. The van der Waals surface area contributed by atoms with Gasteiger partial charge in [0.2, 0.25) is 5.91 Å². The Kier molecular flexibility index (Phi) is 4.97. The summed E-state index contributed by atoms with van der Waals surface area (Å²) in [5.74, 6) is 1.82. The lowest BCUT2D eigenvalue weighted by atomic mass is 10.0. The first-order valence-corrected chi connectivity index (χ1v) is 7.86. The van der Waals surface area contributed by atoms with E-state index in [1.54, 1.807) is 23.2 Å². The number of aromatic nitrogens is 4. The summed E-state index contributed by atoms with van der Waals surface area (Å²) in [6.45, 7) is 4.03. The van der Waals surface area contributed by atoms with E-state index < -0.39 is 0 Å². The first-order chi connectivity index (χ1) is 11.2. The summed E-state index contributed by atoms with van der Waals surface area (Å²) in [7, 11) is 0. The molecule has 122 valence electrons. The molecule has 3 rings (SSSR count). The summed E-state index contributed by atoms with van der Waals surface area (Å²) in [5.41, 5.74) is 0.816. The van der Waals surface area contributed by atoms with E-state index in [2.05, 4.69) is 20.3 Å². The molecule has 0 aliphatic carbocycles. The molecular formula is C16H21N5O2. The van der Waals surface area contributed by atoms with Crippen molar-refractivity contribution in [3.05, 3.63) is 42.0 Å². The molecule has 7 nitrogen and oxygen atoms in total. The Hall–Kier alpha value is -2.28. The molecule has 1 aliphatic heterocycles. The van der Waals surface area contributed by atoms with Crippen LogP contribution in [0.25, 0.3) is 0 Å². The first-order valence-electron chi connectivity index (χ1n) is 7.86. The fourth-order valence-electron chi connectivity index (χ4n) is 2.62. The van der Waals surface area contributed by atoms with Crippen LogP contribution >= 0.6 is 0 Å². The quantitative estimate of drug-likeness (QED) is 0.896. The second-order valence-electron chi connectivity index (χ2n) is 5.70. The van der Waals surface area contributed by atoms with Gasteiger partial charge in [-0.2, -0.15) is 0 Å². The number of nitrogens with one attached hydrogen (secondary N) is 1. The van der Waals surface area contributed by atoms with Gasteiger partial charge in [0.1, 0.15) is 18.2 Å². The van der Waals surface area contributed by atoms with Crippen molar-refractivity contribution in [3.63, 3.8) is 0 Å². The Bertz CT molecular complexity index is 664. The van der Waals surface area contributed by atoms with Crippen molar-refractivity contribution in [2.24, 2.45) is 0 Å². The van der Waals surface area contributed by atoms with Crippen molar-refractivity contribution < 1.29 is 9.53 Å². The third-order valence-corrected chi connectivity index (χ3v) is 3.96. The van der Waals surface area contributed by atoms with Crippen molar-refractivity contribution in [1.29, 1.82) is 0 Å². The van der Waals surface area contributed by atoms with E-state index >= 15 is 0 Å². The standard InChI is InChI=1S/C16H21N5O2/c1-12-17-6-7-21(12)10-15(22)19-9-14-4-5-18-16(20-14)13-3-2-8-23-11-13/h4-7,13H,2-3,8-11H2,1H3,(H,19,22)/t13-/m1/s1. The fraction of sp³-hybridized carbons (Fsp3) is 0.500. The SMILES string of the molecule is Cc1nccn1CC(=O)NCc1ccnc([C@@H]2CCCOC2)n1. The van der Waals surface area contributed by atoms with E-state index in [4.69, 9.17) is 4.74 Å². The lowest BCUT2D eigenvalue weighted by Crippen LogP contribution is -2.28. The van der Waals surface area contributed by atoms with Crippen molar-refractivity contribution >= 4 is 5.91 Å². The van der Waals surface area contributed by atoms with E-state index in [0.29, 0.717) is 13.2 Å². The summed E-state index contributed by atoms with van der Waals surface area (Å²) in [4.78, 5) is 25.0. The van der Waals surface area contributed by atoms with Crippen LogP contribution in [0.3, 0.4) is 0 Å². The highest BCUT2D eigenvalue weighted by Crippen LogP contribution is 2.22. The lowest BCUT2D eigenvalue weighted by Gasteiger charge is -2.20. The van der Waals surface area contributed by atoms with Gasteiger partial charge < -0.3 is 14.6 Å². The Labute approximate surface area is 135 Å². The van der Waals surface area contributed by atoms with Crippen LogP contribution in [0.4, 0.5) is 0 Å². The number of hydrogen-bond acceptors (Lipinski definition) is 5. The van der Waals surface area contributed by atoms with Gasteiger partial charge in [-0.1, -0.05) is 0 Å². The van der Waals surface area contributed by atoms with Crippen LogP contribution in [0.15, 0.2) is 24.7 Å². The van der Waals surface area contributed by atoms with Gasteiger partial charge in [0, 0.05) is 31.1 Å². The number of amides is 1. The van der Waals surface area contributed by atoms with Crippen LogP contribution in [0.2, 0.25) is 0 Å². The highest BCUT2D eigenvalue weighted by Gasteiger charge is 2.18. The minimum Gasteiger partial charge on any atom is -0.381 e. The Morgan fingerprint density at radius 3 is 3.09 bits per heavy atom. The topological polar surface area (TPSA) is 81.9 Å². The molecule has 0 bridgehead atoms.